The molecule has 23 heavy (non-hydrogen) atoms. The highest BCUT2D eigenvalue weighted by atomic mass is 35.5. The molecule has 0 atom stereocenters. The van der Waals surface area contributed by atoms with E-state index in [0.29, 0.717) is 15.9 Å². The summed E-state index contributed by atoms with van der Waals surface area (Å²) < 4.78 is 6.51. The van der Waals surface area contributed by atoms with Crippen LogP contribution in [0.4, 0.5) is 5.13 Å². The Bertz CT molecular complexity index is 859. The first-order valence-electron chi connectivity index (χ1n) is 7.07. The first-order chi connectivity index (χ1) is 11.0. The van der Waals surface area contributed by atoms with E-state index in [0.717, 1.165) is 21.3 Å². The molecule has 0 spiro atoms. The molecule has 0 saturated carbocycles. The van der Waals surface area contributed by atoms with Gasteiger partial charge < -0.3 is 4.74 Å². The molecule has 0 aliphatic carbocycles. The standard InChI is InChI=1S/C17H15ClN2O2S/c1-10-7-11(2)16-14(8-10)19-17(23-16)20-15(21)9-22-13-5-3-12(18)4-6-13/h3-8H,9H2,1-2H3,(H,19,20,21). The SMILES string of the molecule is Cc1cc(C)c2sc(NC(=O)COc3ccc(Cl)cc3)nc2c1. The van der Waals surface area contributed by atoms with Gasteiger partial charge in [0.15, 0.2) is 11.7 Å². The van der Waals surface area contributed by atoms with Gasteiger partial charge >= 0.3 is 0 Å². The molecule has 3 aromatic rings. The van der Waals surface area contributed by atoms with Crippen molar-refractivity contribution in [2.75, 3.05) is 11.9 Å². The molecule has 1 N–H and O–H groups in total. The Labute approximate surface area is 143 Å². The van der Waals surface area contributed by atoms with Crippen molar-refractivity contribution in [3.8, 4) is 5.75 Å². The number of aryl methyl sites for hydroxylation is 2. The van der Waals surface area contributed by atoms with E-state index >= 15 is 0 Å². The number of carbonyl (C=O) groups excluding carboxylic acids is 1. The van der Waals surface area contributed by atoms with E-state index in [1.54, 1.807) is 24.3 Å². The van der Waals surface area contributed by atoms with Gasteiger partial charge in [-0.25, -0.2) is 4.98 Å². The number of aromatic nitrogens is 1. The summed E-state index contributed by atoms with van der Waals surface area (Å²) in [4.78, 5) is 16.4. The highest BCUT2D eigenvalue weighted by Gasteiger charge is 2.10. The van der Waals surface area contributed by atoms with Crippen molar-refractivity contribution in [1.82, 2.24) is 4.98 Å². The Balaban J connectivity index is 1.65. The lowest BCUT2D eigenvalue weighted by atomic mass is 10.1. The predicted molar refractivity (Wildman–Crippen MR) is 94.7 cm³/mol. The Morgan fingerprint density at radius 2 is 2.00 bits per heavy atom. The number of thiazole rings is 1. The third kappa shape index (κ3) is 3.81. The topological polar surface area (TPSA) is 51.2 Å². The normalized spacial score (nSPS) is 10.7. The molecule has 0 bridgehead atoms. The van der Waals surface area contributed by atoms with Crippen molar-refractivity contribution in [3.05, 3.63) is 52.5 Å². The fourth-order valence-electron chi connectivity index (χ4n) is 2.27. The van der Waals surface area contributed by atoms with Crippen molar-refractivity contribution >= 4 is 44.2 Å². The quantitative estimate of drug-likeness (QED) is 0.752. The summed E-state index contributed by atoms with van der Waals surface area (Å²) in [6.45, 7) is 4.00. The minimum atomic E-state index is -0.242. The van der Waals surface area contributed by atoms with Gasteiger partial charge in [-0.15, -0.1) is 0 Å². The molecule has 1 heterocycles. The number of ether oxygens (including phenoxy) is 1. The molecule has 0 radical (unpaired) electrons. The van der Waals surface area contributed by atoms with Crippen molar-refractivity contribution in [2.45, 2.75) is 13.8 Å². The zero-order valence-corrected chi connectivity index (χ0v) is 14.3. The van der Waals surface area contributed by atoms with Crippen LogP contribution in [-0.2, 0) is 4.79 Å². The number of benzene rings is 2. The van der Waals surface area contributed by atoms with Gasteiger partial charge in [0, 0.05) is 5.02 Å². The summed E-state index contributed by atoms with van der Waals surface area (Å²) in [7, 11) is 0. The lowest BCUT2D eigenvalue weighted by Gasteiger charge is -2.05. The maximum Gasteiger partial charge on any atom is 0.264 e. The van der Waals surface area contributed by atoms with Crippen LogP contribution in [0.15, 0.2) is 36.4 Å². The van der Waals surface area contributed by atoms with E-state index in [1.807, 2.05) is 19.9 Å². The number of amides is 1. The van der Waals surface area contributed by atoms with Crippen LogP contribution < -0.4 is 10.1 Å². The number of fused-ring (bicyclic) bond motifs is 1. The van der Waals surface area contributed by atoms with Crippen LogP contribution in [0.2, 0.25) is 5.02 Å². The third-order valence-electron chi connectivity index (χ3n) is 3.25. The van der Waals surface area contributed by atoms with Crippen molar-refractivity contribution in [3.63, 3.8) is 0 Å². The van der Waals surface area contributed by atoms with Gasteiger partial charge in [-0.1, -0.05) is 29.0 Å². The number of anilines is 1. The summed E-state index contributed by atoms with van der Waals surface area (Å²) in [6.07, 6.45) is 0. The molecule has 0 aliphatic heterocycles. The molecular weight excluding hydrogens is 332 g/mol. The highest BCUT2D eigenvalue weighted by molar-refractivity contribution is 7.22. The average Bonchev–Trinajstić information content (AvgIpc) is 2.89. The second-order valence-corrected chi connectivity index (χ2v) is 6.68. The van der Waals surface area contributed by atoms with Crippen LogP contribution >= 0.6 is 22.9 Å². The second-order valence-electron chi connectivity index (χ2n) is 5.24. The number of hydrogen-bond acceptors (Lipinski definition) is 4. The maximum absolute atomic E-state index is 12.0. The molecule has 118 valence electrons. The van der Waals surface area contributed by atoms with Crippen LogP contribution in [-0.4, -0.2) is 17.5 Å². The summed E-state index contributed by atoms with van der Waals surface area (Å²) in [5, 5.41) is 3.99. The minimum absolute atomic E-state index is 0.0738. The van der Waals surface area contributed by atoms with Crippen LogP contribution in [0.1, 0.15) is 11.1 Å². The molecule has 3 rings (SSSR count). The largest absolute Gasteiger partial charge is 0.484 e. The van der Waals surface area contributed by atoms with Gasteiger partial charge in [0.2, 0.25) is 0 Å². The minimum Gasteiger partial charge on any atom is -0.484 e. The fourth-order valence-corrected chi connectivity index (χ4v) is 3.32. The van der Waals surface area contributed by atoms with Crippen molar-refractivity contribution in [2.24, 2.45) is 0 Å². The molecule has 2 aromatic carbocycles. The van der Waals surface area contributed by atoms with Crippen LogP contribution in [0, 0.1) is 13.8 Å². The Morgan fingerprint density at radius 3 is 2.74 bits per heavy atom. The number of rotatable bonds is 4. The van der Waals surface area contributed by atoms with Gasteiger partial charge in [-0.2, -0.15) is 0 Å². The summed E-state index contributed by atoms with van der Waals surface area (Å²) in [5.74, 6) is 0.355. The molecular formula is C17H15ClN2O2S. The van der Waals surface area contributed by atoms with E-state index in [4.69, 9.17) is 16.3 Å². The van der Waals surface area contributed by atoms with Gasteiger partial charge in [0.05, 0.1) is 10.2 Å². The lowest BCUT2D eigenvalue weighted by molar-refractivity contribution is -0.118. The maximum atomic E-state index is 12.0. The summed E-state index contributed by atoms with van der Waals surface area (Å²) in [6, 6.07) is 11.0. The number of nitrogens with zero attached hydrogens (tertiary/aromatic N) is 1. The number of hydrogen-bond donors (Lipinski definition) is 1. The monoisotopic (exact) mass is 346 g/mol. The molecule has 1 amide bonds. The van der Waals surface area contributed by atoms with Crippen LogP contribution in [0.25, 0.3) is 10.2 Å². The lowest BCUT2D eigenvalue weighted by Crippen LogP contribution is -2.19. The van der Waals surface area contributed by atoms with E-state index in [-0.39, 0.29) is 12.5 Å². The Kier molecular flexibility index (Phi) is 4.50. The van der Waals surface area contributed by atoms with E-state index in [1.165, 1.54) is 11.3 Å². The zero-order valence-electron chi connectivity index (χ0n) is 12.7. The predicted octanol–water partition coefficient (Wildman–Crippen LogP) is 4.58. The van der Waals surface area contributed by atoms with Crippen molar-refractivity contribution in [1.29, 1.82) is 0 Å². The summed E-state index contributed by atoms with van der Waals surface area (Å²) in [5.41, 5.74) is 3.22. The van der Waals surface area contributed by atoms with E-state index in [2.05, 4.69) is 16.4 Å². The third-order valence-corrected chi connectivity index (χ3v) is 4.62. The van der Waals surface area contributed by atoms with Gasteiger partial charge in [-0.3, -0.25) is 10.1 Å². The number of halogens is 1. The van der Waals surface area contributed by atoms with Gasteiger partial charge in [0.1, 0.15) is 5.75 Å². The first-order valence-corrected chi connectivity index (χ1v) is 8.27. The highest BCUT2D eigenvalue weighted by Crippen LogP contribution is 2.29. The fraction of sp³-hybridized carbons (Fsp3) is 0.176. The molecule has 0 saturated heterocycles. The van der Waals surface area contributed by atoms with E-state index in [9.17, 15) is 4.79 Å². The number of nitrogens with one attached hydrogen (secondary N) is 1. The van der Waals surface area contributed by atoms with Gasteiger partial charge in [0.25, 0.3) is 5.91 Å². The van der Waals surface area contributed by atoms with Crippen LogP contribution in [0.5, 0.6) is 5.75 Å². The first kappa shape index (κ1) is 15.8. The average molecular weight is 347 g/mol. The molecule has 0 fully saturated rings. The smallest absolute Gasteiger partial charge is 0.264 e. The molecule has 1 aromatic heterocycles. The van der Waals surface area contributed by atoms with E-state index < -0.39 is 0 Å². The molecule has 0 unspecified atom stereocenters. The zero-order chi connectivity index (χ0) is 16.4. The van der Waals surface area contributed by atoms with Gasteiger partial charge in [-0.05, 0) is 55.3 Å². The summed E-state index contributed by atoms with van der Waals surface area (Å²) >= 11 is 7.27. The van der Waals surface area contributed by atoms with Crippen molar-refractivity contribution < 1.29 is 9.53 Å². The Hall–Kier alpha value is -2.11. The molecule has 4 nitrogen and oxygen atoms in total. The second kappa shape index (κ2) is 6.56. The number of carbonyl (C=O) groups is 1. The molecule has 6 heteroatoms. The Morgan fingerprint density at radius 1 is 1.26 bits per heavy atom. The van der Waals surface area contributed by atoms with Crippen LogP contribution in [0.3, 0.4) is 0 Å². The molecule has 0 aliphatic rings.